The number of thiophene rings is 1. The van der Waals surface area contributed by atoms with Crippen molar-refractivity contribution < 1.29 is 23.1 Å². The minimum atomic E-state index is -3.80. The van der Waals surface area contributed by atoms with E-state index >= 15 is 0 Å². The second kappa shape index (κ2) is 7.02. The summed E-state index contributed by atoms with van der Waals surface area (Å²) in [6.07, 6.45) is 1.38. The second-order valence-corrected chi connectivity index (χ2v) is 8.67. The van der Waals surface area contributed by atoms with Gasteiger partial charge in [-0.1, -0.05) is 0 Å². The third kappa shape index (κ3) is 3.54. The van der Waals surface area contributed by atoms with Crippen molar-refractivity contribution >= 4 is 33.2 Å². The van der Waals surface area contributed by atoms with Gasteiger partial charge in [0, 0.05) is 49.4 Å². The number of amides is 1. The third-order valence-corrected chi connectivity index (χ3v) is 7.28. The van der Waals surface area contributed by atoms with E-state index in [0.29, 0.717) is 0 Å². The molecule has 0 atom stereocenters. The van der Waals surface area contributed by atoms with Gasteiger partial charge in [-0.15, -0.1) is 11.3 Å². The standard InChI is InChI=1S/C15H15N3O6S2/c19-12-7-10(1-2-16-12)14(20)17-3-5-18(6-4-17)26(23,24)13-8-11(9-25-13)15(21)22/h1-2,7-9H,3-6H2,(H,16,19)(H,21,22). The summed E-state index contributed by atoms with van der Waals surface area (Å²) in [5.74, 6) is -1.52. The number of rotatable bonds is 4. The number of H-pyrrole nitrogens is 1. The number of aromatic nitrogens is 1. The number of nitrogens with one attached hydrogen (secondary N) is 1. The van der Waals surface area contributed by atoms with Crippen LogP contribution in [0.5, 0.6) is 0 Å². The summed E-state index contributed by atoms with van der Waals surface area (Å²) < 4.78 is 26.4. The highest BCUT2D eigenvalue weighted by atomic mass is 32.2. The third-order valence-electron chi connectivity index (χ3n) is 3.96. The van der Waals surface area contributed by atoms with Crippen LogP contribution in [0.25, 0.3) is 0 Å². The number of piperazine rings is 1. The molecule has 0 aromatic carbocycles. The van der Waals surface area contributed by atoms with Gasteiger partial charge < -0.3 is 15.0 Å². The molecule has 1 amide bonds. The van der Waals surface area contributed by atoms with Gasteiger partial charge in [0.1, 0.15) is 4.21 Å². The van der Waals surface area contributed by atoms with E-state index in [2.05, 4.69) is 4.98 Å². The molecule has 0 unspecified atom stereocenters. The molecular formula is C15H15N3O6S2. The van der Waals surface area contributed by atoms with Crippen LogP contribution in [0.4, 0.5) is 0 Å². The lowest BCUT2D eigenvalue weighted by Gasteiger charge is -2.33. The van der Waals surface area contributed by atoms with Crippen LogP contribution in [0.15, 0.2) is 38.8 Å². The van der Waals surface area contributed by atoms with E-state index < -0.39 is 16.0 Å². The number of sulfonamides is 1. The Hall–Kier alpha value is -2.50. The van der Waals surface area contributed by atoms with Crippen LogP contribution >= 0.6 is 11.3 Å². The van der Waals surface area contributed by atoms with E-state index in [1.165, 1.54) is 32.9 Å². The van der Waals surface area contributed by atoms with E-state index in [1.807, 2.05) is 0 Å². The van der Waals surface area contributed by atoms with E-state index in [1.54, 1.807) is 0 Å². The maximum absolute atomic E-state index is 12.6. The topological polar surface area (TPSA) is 128 Å². The van der Waals surface area contributed by atoms with Crippen LogP contribution in [-0.4, -0.2) is 65.8 Å². The van der Waals surface area contributed by atoms with Gasteiger partial charge in [0.15, 0.2) is 0 Å². The maximum atomic E-state index is 12.6. The van der Waals surface area contributed by atoms with E-state index in [9.17, 15) is 22.8 Å². The average Bonchev–Trinajstić information content (AvgIpc) is 3.12. The highest BCUT2D eigenvalue weighted by Crippen LogP contribution is 2.25. The lowest BCUT2D eigenvalue weighted by Crippen LogP contribution is -2.50. The number of hydrogen-bond donors (Lipinski definition) is 2. The van der Waals surface area contributed by atoms with Crippen molar-refractivity contribution in [1.82, 2.24) is 14.2 Å². The van der Waals surface area contributed by atoms with Crippen LogP contribution in [0, 0.1) is 0 Å². The molecule has 1 fully saturated rings. The first-order chi connectivity index (χ1) is 12.3. The number of carboxylic acids is 1. The number of carbonyl (C=O) groups is 2. The molecule has 0 radical (unpaired) electrons. The Balaban J connectivity index is 1.70. The summed E-state index contributed by atoms with van der Waals surface area (Å²) in [5.41, 5.74) is -0.213. The SMILES string of the molecule is O=C(O)c1csc(S(=O)(=O)N2CCN(C(=O)c3cc[nH]c(=O)c3)CC2)c1. The Kier molecular flexibility index (Phi) is 4.94. The van der Waals surface area contributed by atoms with Crippen molar-refractivity contribution in [3.63, 3.8) is 0 Å². The first kappa shape index (κ1) is 18.3. The molecule has 1 saturated heterocycles. The normalized spacial score (nSPS) is 15.8. The van der Waals surface area contributed by atoms with Crippen molar-refractivity contribution in [2.24, 2.45) is 0 Å². The maximum Gasteiger partial charge on any atom is 0.336 e. The number of nitrogens with zero attached hydrogens (tertiary/aromatic N) is 2. The molecule has 0 aliphatic carbocycles. The summed E-state index contributed by atoms with van der Waals surface area (Å²) in [6.45, 7) is 0.555. The largest absolute Gasteiger partial charge is 0.478 e. The minimum absolute atomic E-state index is 0.0377. The Bertz CT molecular complexity index is 1000. The molecule has 26 heavy (non-hydrogen) atoms. The summed E-state index contributed by atoms with van der Waals surface area (Å²) in [4.78, 5) is 38.5. The summed E-state index contributed by atoms with van der Waals surface area (Å²) in [5, 5.41) is 10.2. The van der Waals surface area contributed by atoms with Crippen molar-refractivity contribution in [2.75, 3.05) is 26.2 Å². The molecule has 2 aromatic rings. The molecule has 138 valence electrons. The van der Waals surface area contributed by atoms with Gasteiger partial charge in [0.05, 0.1) is 5.56 Å². The fraction of sp³-hybridized carbons (Fsp3) is 0.267. The van der Waals surface area contributed by atoms with Gasteiger partial charge >= 0.3 is 5.97 Å². The van der Waals surface area contributed by atoms with Crippen LogP contribution in [0.1, 0.15) is 20.7 Å². The Labute approximate surface area is 152 Å². The second-order valence-electron chi connectivity index (χ2n) is 5.60. The van der Waals surface area contributed by atoms with E-state index in [-0.39, 0.29) is 53.0 Å². The summed E-state index contributed by atoms with van der Waals surface area (Å²) in [7, 11) is -3.80. The molecule has 0 spiro atoms. The minimum Gasteiger partial charge on any atom is -0.478 e. The molecule has 11 heteroatoms. The average molecular weight is 397 g/mol. The number of pyridine rings is 1. The van der Waals surface area contributed by atoms with Gasteiger partial charge in [-0.3, -0.25) is 9.59 Å². The van der Waals surface area contributed by atoms with Gasteiger partial charge in [-0.2, -0.15) is 4.31 Å². The zero-order valence-electron chi connectivity index (χ0n) is 13.4. The smallest absolute Gasteiger partial charge is 0.336 e. The predicted octanol–water partition coefficient (Wildman–Crippen LogP) is 0.281. The number of carbonyl (C=O) groups excluding carboxylic acids is 1. The van der Waals surface area contributed by atoms with Gasteiger partial charge in [0.2, 0.25) is 5.56 Å². The zero-order chi connectivity index (χ0) is 18.9. The summed E-state index contributed by atoms with van der Waals surface area (Å²) in [6, 6.07) is 3.83. The van der Waals surface area contributed by atoms with Gasteiger partial charge in [-0.25, -0.2) is 13.2 Å². The molecule has 3 rings (SSSR count). The Morgan fingerprint density at radius 2 is 1.81 bits per heavy atom. The number of carboxylic acid groups (broad SMARTS) is 1. The van der Waals surface area contributed by atoms with Crippen LogP contribution in [-0.2, 0) is 10.0 Å². The van der Waals surface area contributed by atoms with E-state index in [0.717, 1.165) is 17.4 Å². The lowest BCUT2D eigenvalue weighted by molar-refractivity contribution is 0.0688. The molecule has 2 aromatic heterocycles. The van der Waals surface area contributed by atoms with Crippen molar-refractivity contribution in [1.29, 1.82) is 0 Å². The number of aromatic carboxylic acids is 1. The molecule has 0 bridgehead atoms. The lowest BCUT2D eigenvalue weighted by atomic mass is 10.2. The number of hydrogen-bond acceptors (Lipinski definition) is 6. The van der Waals surface area contributed by atoms with Crippen LogP contribution in [0.2, 0.25) is 0 Å². The zero-order valence-corrected chi connectivity index (χ0v) is 15.0. The Morgan fingerprint density at radius 1 is 1.12 bits per heavy atom. The molecule has 0 saturated carbocycles. The van der Waals surface area contributed by atoms with Gasteiger partial charge in [0.25, 0.3) is 15.9 Å². The molecule has 9 nitrogen and oxygen atoms in total. The molecule has 2 N–H and O–H groups in total. The Morgan fingerprint density at radius 3 is 2.38 bits per heavy atom. The quantitative estimate of drug-likeness (QED) is 0.763. The highest BCUT2D eigenvalue weighted by Gasteiger charge is 2.31. The monoisotopic (exact) mass is 397 g/mol. The fourth-order valence-corrected chi connectivity index (χ4v) is 5.31. The number of aromatic amines is 1. The van der Waals surface area contributed by atoms with Gasteiger partial charge in [-0.05, 0) is 12.1 Å². The fourth-order valence-electron chi connectivity index (χ4n) is 2.58. The van der Waals surface area contributed by atoms with Crippen molar-refractivity contribution in [3.8, 4) is 0 Å². The molecular weight excluding hydrogens is 382 g/mol. The molecule has 1 aliphatic rings. The van der Waals surface area contributed by atoms with Crippen LogP contribution in [0.3, 0.4) is 0 Å². The summed E-state index contributed by atoms with van der Waals surface area (Å²) >= 11 is 0.855. The molecule has 1 aliphatic heterocycles. The molecule has 3 heterocycles. The van der Waals surface area contributed by atoms with E-state index in [4.69, 9.17) is 5.11 Å². The van der Waals surface area contributed by atoms with Crippen molar-refractivity contribution in [3.05, 3.63) is 51.3 Å². The highest BCUT2D eigenvalue weighted by molar-refractivity contribution is 7.91. The van der Waals surface area contributed by atoms with Crippen LogP contribution < -0.4 is 5.56 Å². The first-order valence-electron chi connectivity index (χ1n) is 7.59. The first-order valence-corrected chi connectivity index (χ1v) is 9.91. The van der Waals surface area contributed by atoms with Crippen molar-refractivity contribution in [2.45, 2.75) is 4.21 Å². The predicted molar refractivity (Wildman–Crippen MR) is 93.0 cm³/mol.